The summed E-state index contributed by atoms with van der Waals surface area (Å²) in [4.78, 5) is 21.2. The Balaban J connectivity index is 2.16. The predicted octanol–water partition coefficient (Wildman–Crippen LogP) is -0.536. The van der Waals surface area contributed by atoms with Crippen molar-refractivity contribution < 1.29 is 9.59 Å². The molecule has 1 N–H and O–H groups in total. The van der Waals surface area contributed by atoms with Gasteiger partial charge in [-0.2, -0.15) is 0 Å². The standard InChI is InChI=1S/C6H7NO2/c8-4-1-3-2-5(9)7-6(3)4/h3,6H,1-2H2,(H,7,9). The van der Waals surface area contributed by atoms with Crippen LogP contribution in [0.1, 0.15) is 12.8 Å². The van der Waals surface area contributed by atoms with Crippen LogP contribution in [0.4, 0.5) is 0 Å². The third-order valence-corrected chi connectivity index (χ3v) is 2.05. The highest BCUT2D eigenvalue weighted by molar-refractivity contribution is 5.98. The summed E-state index contributed by atoms with van der Waals surface area (Å²) >= 11 is 0. The Kier molecular flexibility index (Phi) is 0.743. The van der Waals surface area contributed by atoms with E-state index in [2.05, 4.69) is 5.32 Å². The molecule has 2 unspecified atom stereocenters. The van der Waals surface area contributed by atoms with Crippen molar-refractivity contribution in [1.82, 2.24) is 5.32 Å². The molecule has 0 aromatic carbocycles. The lowest BCUT2D eigenvalue weighted by atomic mass is 9.79. The molecule has 1 heterocycles. The van der Waals surface area contributed by atoms with Gasteiger partial charge in [-0.3, -0.25) is 9.59 Å². The lowest BCUT2D eigenvalue weighted by Crippen LogP contribution is -2.46. The summed E-state index contributed by atoms with van der Waals surface area (Å²) in [6, 6.07) is -0.0995. The first-order valence-corrected chi connectivity index (χ1v) is 3.09. The van der Waals surface area contributed by atoms with E-state index in [0.717, 1.165) is 0 Å². The SMILES string of the molecule is O=C1CC2CC(=O)C2N1. The fourth-order valence-corrected chi connectivity index (χ4v) is 1.46. The molecule has 3 heteroatoms. The van der Waals surface area contributed by atoms with E-state index in [1.165, 1.54) is 0 Å². The molecule has 9 heavy (non-hydrogen) atoms. The number of fused-ring (bicyclic) bond motifs is 1. The van der Waals surface area contributed by atoms with Gasteiger partial charge in [0.1, 0.15) is 0 Å². The highest BCUT2D eigenvalue weighted by Gasteiger charge is 2.46. The summed E-state index contributed by atoms with van der Waals surface area (Å²) < 4.78 is 0. The number of rotatable bonds is 0. The zero-order valence-corrected chi connectivity index (χ0v) is 4.89. The van der Waals surface area contributed by atoms with Crippen LogP contribution in [0.25, 0.3) is 0 Å². The third kappa shape index (κ3) is 0.515. The van der Waals surface area contributed by atoms with Crippen LogP contribution in [0, 0.1) is 5.92 Å². The van der Waals surface area contributed by atoms with E-state index < -0.39 is 0 Å². The number of hydrogen-bond donors (Lipinski definition) is 1. The van der Waals surface area contributed by atoms with Gasteiger partial charge in [-0.1, -0.05) is 0 Å². The molecular formula is C6H7NO2. The van der Waals surface area contributed by atoms with Gasteiger partial charge in [0, 0.05) is 18.8 Å². The highest BCUT2D eigenvalue weighted by atomic mass is 16.2. The average molecular weight is 125 g/mol. The van der Waals surface area contributed by atoms with Crippen LogP contribution >= 0.6 is 0 Å². The van der Waals surface area contributed by atoms with Gasteiger partial charge in [-0.25, -0.2) is 0 Å². The van der Waals surface area contributed by atoms with Crippen LogP contribution in [0.5, 0.6) is 0 Å². The first-order chi connectivity index (χ1) is 4.27. The van der Waals surface area contributed by atoms with Gasteiger partial charge in [0.05, 0.1) is 6.04 Å². The van der Waals surface area contributed by atoms with Gasteiger partial charge in [0.15, 0.2) is 5.78 Å². The molecule has 1 aliphatic carbocycles. The van der Waals surface area contributed by atoms with E-state index in [4.69, 9.17) is 0 Å². The summed E-state index contributed by atoms with van der Waals surface area (Å²) in [5, 5.41) is 2.61. The molecule has 2 fully saturated rings. The van der Waals surface area contributed by atoms with Gasteiger partial charge in [0.25, 0.3) is 0 Å². The molecule has 0 aromatic heterocycles. The maximum absolute atomic E-state index is 10.6. The molecule has 2 rings (SSSR count). The minimum atomic E-state index is -0.0995. The Hall–Kier alpha value is -0.860. The van der Waals surface area contributed by atoms with E-state index in [9.17, 15) is 9.59 Å². The van der Waals surface area contributed by atoms with E-state index in [0.29, 0.717) is 18.8 Å². The third-order valence-electron chi connectivity index (χ3n) is 2.05. The van der Waals surface area contributed by atoms with Crippen LogP contribution in [-0.4, -0.2) is 17.7 Å². The summed E-state index contributed by atoms with van der Waals surface area (Å²) in [7, 11) is 0. The molecule has 0 aromatic rings. The second kappa shape index (κ2) is 1.35. The largest absolute Gasteiger partial charge is 0.346 e. The van der Waals surface area contributed by atoms with Gasteiger partial charge in [-0.15, -0.1) is 0 Å². The van der Waals surface area contributed by atoms with Crippen molar-refractivity contribution in [2.24, 2.45) is 5.92 Å². The molecule has 2 aliphatic rings. The van der Waals surface area contributed by atoms with Gasteiger partial charge in [0.2, 0.25) is 5.91 Å². The molecule has 1 aliphatic heterocycles. The molecule has 2 atom stereocenters. The van der Waals surface area contributed by atoms with Crippen molar-refractivity contribution in [3.05, 3.63) is 0 Å². The smallest absolute Gasteiger partial charge is 0.220 e. The van der Waals surface area contributed by atoms with Gasteiger partial charge >= 0.3 is 0 Å². The lowest BCUT2D eigenvalue weighted by molar-refractivity contribution is -0.129. The van der Waals surface area contributed by atoms with Crippen molar-refractivity contribution in [2.45, 2.75) is 18.9 Å². The molecular weight excluding hydrogens is 118 g/mol. The van der Waals surface area contributed by atoms with E-state index in [1.54, 1.807) is 0 Å². The zero-order chi connectivity index (χ0) is 6.43. The molecule has 0 bridgehead atoms. The van der Waals surface area contributed by atoms with Crippen molar-refractivity contribution >= 4 is 11.7 Å². The number of carbonyl (C=O) groups excluding carboxylic acids is 2. The van der Waals surface area contributed by atoms with Gasteiger partial charge in [-0.05, 0) is 0 Å². The van der Waals surface area contributed by atoms with E-state index >= 15 is 0 Å². The molecule has 3 nitrogen and oxygen atoms in total. The number of nitrogens with one attached hydrogen (secondary N) is 1. The maximum Gasteiger partial charge on any atom is 0.220 e. The molecule has 1 amide bonds. The lowest BCUT2D eigenvalue weighted by Gasteiger charge is -2.26. The minimum Gasteiger partial charge on any atom is -0.346 e. The Morgan fingerprint density at radius 1 is 1.33 bits per heavy atom. The van der Waals surface area contributed by atoms with Crippen molar-refractivity contribution in [1.29, 1.82) is 0 Å². The summed E-state index contributed by atoms with van der Waals surface area (Å²) in [5.41, 5.74) is 0. The average Bonchev–Trinajstić information content (AvgIpc) is 2.08. The molecule has 0 spiro atoms. The van der Waals surface area contributed by atoms with Crippen LogP contribution in [0.2, 0.25) is 0 Å². The van der Waals surface area contributed by atoms with Crippen LogP contribution < -0.4 is 5.32 Å². The predicted molar refractivity (Wildman–Crippen MR) is 29.7 cm³/mol. The zero-order valence-electron chi connectivity index (χ0n) is 4.89. The van der Waals surface area contributed by atoms with Crippen molar-refractivity contribution in [2.75, 3.05) is 0 Å². The number of ketones is 1. The minimum absolute atomic E-state index is 0.0378. The number of hydrogen-bond acceptors (Lipinski definition) is 2. The van der Waals surface area contributed by atoms with Crippen LogP contribution in [0.3, 0.4) is 0 Å². The number of amides is 1. The summed E-state index contributed by atoms with van der Waals surface area (Å²) in [5.74, 6) is 0.576. The van der Waals surface area contributed by atoms with Gasteiger partial charge < -0.3 is 5.32 Å². The normalized spacial score (nSPS) is 39.6. The Morgan fingerprint density at radius 2 is 2.11 bits per heavy atom. The van der Waals surface area contributed by atoms with Crippen LogP contribution in [-0.2, 0) is 9.59 Å². The second-order valence-electron chi connectivity index (χ2n) is 2.68. The molecule has 1 saturated carbocycles. The summed E-state index contributed by atoms with van der Waals surface area (Å²) in [6.07, 6.45) is 1.18. The molecule has 1 saturated heterocycles. The number of Topliss-reactive ketones (excluding diaryl/α,β-unsaturated/α-hetero) is 1. The Labute approximate surface area is 52.4 Å². The topological polar surface area (TPSA) is 46.2 Å². The van der Waals surface area contributed by atoms with E-state index in [-0.39, 0.29) is 17.7 Å². The fraction of sp³-hybridized carbons (Fsp3) is 0.667. The fourth-order valence-electron chi connectivity index (χ4n) is 1.46. The maximum atomic E-state index is 10.6. The Morgan fingerprint density at radius 3 is 2.56 bits per heavy atom. The number of carbonyl (C=O) groups is 2. The van der Waals surface area contributed by atoms with E-state index in [1.807, 2.05) is 0 Å². The molecule has 48 valence electrons. The molecule has 0 radical (unpaired) electrons. The van der Waals surface area contributed by atoms with Crippen molar-refractivity contribution in [3.8, 4) is 0 Å². The first kappa shape index (κ1) is 4.97. The van der Waals surface area contributed by atoms with Crippen LogP contribution in [0.15, 0.2) is 0 Å². The quantitative estimate of drug-likeness (QED) is 0.472. The first-order valence-electron chi connectivity index (χ1n) is 3.09. The van der Waals surface area contributed by atoms with Crippen molar-refractivity contribution in [3.63, 3.8) is 0 Å². The second-order valence-corrected chi connectivity index (χ2v) is 2.68. The monoisotopic (exact) mass is 125 g/mol. The Bertz CT molecular complexity index is 185. The highest BCUT2D eigenvalue weighted by Crippen LogP contribution is 2.31. The summed E-state index contributed by atoms with van der Waals surface area (Å²) in [6.45, 7) is 0.